The number of sulfonamides is 1. The molecule has 138 valence electrons. The highest BCUT2D eigenvalue weighted by Gasteiger charge is 2.23. The van der Waals surface area contributed by atoms with Gasteiger partial charge < -0.3 is 9.88 Å². The van der Waals surface area contributed by atoms with Crippen LogP contribution in [0.4, 0.5) is 5.82 Å². The average molecular weight is 375 g/mol. The summed E-state index contributed by atoms with van der Waals surface area (Å²) < 4.78 is 30.9. The first kappa shape index (κ1) is 18.1. The Morgan fingerprint density at radius 1 is 1.08 bits per heavy atom. The fraction of sp³-hybridized carbons (Fsp3) is 0.312. The minimum absolute atomic E-state index is 0.219. The maximum Gasteiger partial charge on any atom is 0.244 e. The second kappa shape index (κ2) is 7.26. The SMILES string of the molecule is Cc1nn(C)c(C)c1S(=O)(=O)NCCNc1ccc(-n2cccc2)nn1. The molecule has 9 nitrogen and oxygen atoms in total. The van der Waals surface area contributed by atoms with Crippen molar-refractivity contribution in [3.05, 3.63) is 48.0 Å². The first-order chi connectivity index (χ1) is 12.4. The van der Waals surface area contributed by atoms with E-state index in [4.69, 9.17) is 0 Å². The molecule has 0 spiro atoms. The van der Waals surface area contributed by atoms with E-state index in [1.807, 2.05) is 35.2 Å². The van der Waals surface area contributed by atoms with E-state index < -0.39 is 10.0 Å². The van der Waals surface area contributed by atoms with Crippen LogP contribution in [0.2, 0.25) is 0 Å². The molecule has 26 heavy (non-hydrogen) atoms. The smallest absolute Gasteiger partial charge is 0.244 e. The van der Waals surface area contributed by atoms with Gasteiger partial charge in [-0.05, 0) is 38.1 Å². The van der Waals surface area contributed by atoms with Crippen LogP contribution >= 0.6 is 0 Å². The first-order valence-corrected chi connectivity index (χ1v) is 9.57. The molecule has 2 N–H and O–H groups in total. The van der Waals surface area contributed by atoms with Crippen molar-refractivity contribution in [2.75, 3.05) is 18.4 Å². The summed E-state index contributed by atoms with van der Waals surface area (Å²) in [5.41, 5.74) is 1.09. The Bertz CT molecular complexity index is 977. The molecule has 0 aliphatic rings. The largest absolute Gasteiger partial charge is 0.367 e. The van der Waals surface area contributed by atoms with E-state index >= 15 is 0 Å². The maximum atomic E-state index is 12.5. The van der Waals surface area contributed by atoms with Crippen LogP contribution in [-0.2, 0) is 17.1 Å². The van der Waals surface area contributed by atoms with Crippen molar-refractivity contribution in [2.24, 2.45) is 7.05 Å². The normalized spacial score (nSPS) is 11.7. The monoisotopic (exact) mass is 375 g/mol. The number of nitrogens with zero attached hydrogens (tertiary/aromatic N) is 5. The molecule has 0 radical (unpaired) electrons. The number of nitrogens with one attached hydrogen (secondary N) is 2. The van der Waals surface area contributed by atoms with Gasteiger partial charge in [0, 0.05) is 32.5 Å². The van der Waals surface area contributed by atoms with Crippen molar-refractivity contribution in [1.82, 2.24) is 29.3 Å². The van der Waals surface area contributed by atoms with E-state index in [1.54, 1.807) is 31.6 Å². The summed E-state index contributed by atoms with van der Waals surface area (Å²) in [5, 5.41) is 15.4. The van der Waals surface area contributed by atoms with E-state index in [9.17, 15) is 8.42 Å². The molecule has 0 saturated heterocycles. The van der Waals surface area contributed by atoms with Crippen molar-refractivity contribution >= 4 is 15.8 Å². The lowest BCUT2D eigenvalue weighted by Crippen LogP contribution is -2.29. The van der Waals surface area contributed by atoms with Gasteiger partial charge in [0.15, 0.2) is 5.82 Å². The van der Waals surface area contributed by atoms with Crippen LogP contribution in [0.15, 0.2) is 41.6 Å². The van der Waals surface area contributed by atoms with E-state index in [0.29, 0.717) is 29.6 Å². The highest BCUT2D eigenvalue weighted by atomic mass is 32.2. The first-order valence-electron chi connectivity index (χ1n) is 8.09. The van der Waals surface area contributed by atoms with E-state index in [0.717, 1.165) is 0 Å². The fourth-order valence-corrected chi connectivity index (χ4v) is 4.10. The van der Waals surface area contributed by atoms with E-state index in [2.05, 4.69) is 25.3 Å². The maximum absolute atomic E-state index is 12.5. The molecule has 3 rings (SSSR count). The molecule has 0 bridgehead atoms. The number of anilines is 1. The molecule has 3 heterocycles. The van der Waals surface area contributed by atoms with Crippen molar-refractivity contribution < 1.29 is 8.42 Å². The summed E-state index contributed by atoms with van der Waals surface area (Å²) in [5.74, 6) is 1.29. The second-order valence-electron chi connectivity index (χ2n) is 5.82. The van der Waals surface area contributed by atoms with E-state index in [1.165, 1.54) is 0 Å². The standard InChI is InChI=1S/C16H21N7O2S/c1-12-16(13(2)22(3)21-12)26(24,25)18-9-8-17-14-6-7-15(20-19-14)23-10-4-5-11-23/h4-7,10-11,18H,8-9H2,1-3H3,(H,17,19). The third kappa shape index (κ3) is 3.75. The number of hydrogen-bond acceptors (Lipinski definition) is 6. The molecule has 0 aliphatic carbocycles. The summed E-state index contributed by atoms with van der Waals surface area (Å²) in [6.07, 6.45) is 3.77. The number of hydrogen-bond donors (Lipinski definition) is 2. The third-order valence-electron chi connectivity index (χ3n) is 3.95. The van der Waals surface area contributed by atoms with Gasteiger partial charge in [0.05, 0.1) is 11.4 Å². The summed E-state index contributed by atoms with van der Waals surface area (Å²) in [7, 11) is -1.88. The van der Waals surface area contributed by atoms with Crippen LogP contribution in [0.1, 0.15) is 11.4 Å². The van der Waals surface area contributed by atoms with Gasteiger partial charge in [-0.2, -0.15) is 5.10 Å². The minimum Gasteiger partial charge on any atom is -0.367 e. The number of rotatable bonds is 7. The highest BCUT2D eigenvalue weighted by molar-refractivity contribution is 7.89. The third-order valence-corrected chi connectivity index (χ3v) is 5.67. The number of aryl methyl sites for hydroxylation is 2. The molecule has 0 aliphatic heterocycles. The Morgan fingerprint density at radius 2 is 1.81 bits per heavy atom. The molecular weight excluding hydrogens is 354 g/mol. The molecule has 10 heteroatoms. The fourth-order valence-electron chi connectivity index (χ4n) is 2.64. The lowest BCUT2D eigenvalue weighted by Gasteiger charge is -2.09. The van der Waals surface area contributed by atoms with Gasteiger partial charge in [0.25, 0.3) is 0 Å². The van der Waals surface area contributed by atoms with Gasteiger partial charge in [-0.1, -0.05) is 0 Å². The van der Waals surface area contributed by atoms with Gasteiger partial charge in [-0.3, -0.25) is 4.68 Å². The van der Waals surface area contributed by atoms with Crippen molar-refractivity contribution in [2.45, 2.75) is 18.7 Å². The van der Waals surface area contributed by atoms with Crippen LogP contribution in [0.5, 0.6) is 0 Å². The Morgan fingerprint density at radius 3 is 2.38 bits per heavy atom. The Kier molecular flexibility index (Phi) is 5.05. The van der Waals surface area contributed by atoms with Crippen LogP contribution in [-0.4, -0.2) is 46.1 Å². The predicted molar refractivity (Wildman–Crippen MR) is 97.7 cm³/mol. The average Bonchev–Trinajstić information content (AvgIpc) is 3.21. The van der Waals surface area contributed by atoms with Crippen molar-refractivity contribution in [3.63, 3.8) is 0 Å². The summed E-state index contributed by atoms with van der Waals surface area (Å²) >= 11 is 0. The second-order valence-corrected chi connectivity index (χ2v) is 7.52. The highest BCUT2D eigenvalue weighted by Crippen LogP contribution is 2.17. The Hall–Kier alpha value is -2.72. The molecule has 0 saturated carbocycles. The Balaban J connectivity index is 1.55. The summed E-state index contributed by atoms with van der Waals surface area (Å²) in [6, 6.07) is 7.45. The quantitative estimate of drug-likeness (QED) is 0.597. The minimum atomic E-state index is -3.60. The number of aromatic nitrogens is 5. The lowest BCUT2D eigenvalue weighted by atomic mass is 10.4. The molecular formula is C16H21N7O2S. The van der Waals surface area contributed by atoms with Crippen LogP contribution in [0, 0.1) is 13.8 Å². The van der Waals surface area contributed by atoms with Gasteiger partial charge in [0.1, 0.15) is 10.7 Å². The van der Waals surface area contributed by atoms with Crippen molar-refractivity contribution in [3.8, 4) is 5.82 Å². The van der Waals surface area contributed by atoms with Gasteiger partial charge >= 0.3 is 0 Å². The van der Waals surface area contributed by atoms with E-state index in [-0.39, 0.29) is 11.4 Å². The molecule has 3 aromatic rings. The van der Waals surface area contributed by atoms with Gasteiger partial charge in [-0.25, -0.2) is 13.1 Å². The molecule has 0 atom stereocenters. The summed E-state index contributed by atoms with van der Waals surface area (Å²) in [4.78, 5) is 0.232. The molecule has 0 unspecified atom stereocenters. The zero-order chi connectivity index (χ0) is 18.7. The topological polar surface area (TPSA) is 107 Å². The zero-order valence-electron chi connectivity index (χ0n) is 14.8. The summed E-state index contributed by atoms with van der Waals surface area (Å²) in [6.45, 7) is 4.02. The zero-order valence-corrected chi connectivity index (χ0v) is 15.7. The molecule has 0 aromatic carbocycles. The molecule has 0 fully saturated rings. The predicted octanol–water partition coefficient (Wildman–Crippen LogP) is 1.01. The molecule has 3 aromatic heterocycles. The van der Waals surface area contributed by atoms with Crippen LogP contribution in [0.3, 0.4) is 0 Å². The van der Waals surface area contributed by atoms with Crippen LogP contribution in [0.25, 0.3) is 5.82 Å². The van der Waals surface area contributed by atoms with Crippen molar-refractivity contribution in [1.29, 1.82) is 0 Å². The lowest BCUT2D eigenvalue weighted by molar-refractivity contribution is 0.581. The van der Waals surface area contributed by atoms with Gasteiger partial charge in [0.2, 0.25) is 10.0 Å². The Labute approximate surface area is 152 Å². The van der Waals surface area contributed by atoms with Gasteiger partial charge in [-0.15, -0.1) is 10.2 Å². The molecule has 0 amide bonds. The van der Waals surface area contributed by atoms with Crippen LogP contribution < -0.4 is 10.0 Å².